The zero-order valence-corrected chi connectivity index (χ0v) is 16.3. The molecule has 1 amide bonds. The van der Waals surface area contributed by atoms with Crippen molar-refractivity contribution in [2.45, 2.75) is 39.2 Å². The maximum absolute atomic E-state index is 12.8. The van der Waals surface area contributed by atoms with Gasteiger partial charge in [-0.3, -0.25) is 0 Å². The van der Waals surface area contributed by atoms with E-state index in [2.05, 4.69) is 15.3 Å². The van der Waals surface area contributed by atoms with E-state index in [0.717, 1.165) is 0 Å². The Hall–Kier alpha value is -3.28. The molecule has 0 bridgehead atoms. The summed E-state index contributed by atoms with van der Waals surface area (Å²) in [5, 5.41) is 22.8. The molecule has 1 unspecified atom stereocenters. The normalized spacial score (nSPS) is 13.0. The van der Waals surface area contributed by atoms with Crippen molar-refractivity contribution in [3.05, 3.63) is 41.9 Å². The molecule has 7 nitrogen and oxygen atoms in total. The molecule has 154 valence electrons. The fourth-order valence-corrected chi connectivity index (χ4v) is 3.07. The smallest absolute Gasteiger partial charge is 0.297 e. The van der Waals surface area contributed by atoms with Crippen molar-refractivity contribution >= 4 is 6.09 Å². The standard InChI is InChI=1S/C20H22F2N4O3/c1-12(2)9-20(3,26-19(27)28)11-29-16-5-4-13(8-14(16)10-23)15-6-7-24-18(25-15)17(21)22/h4-8,12,17,26H,9,11H2,1-3H3,(H,27,28)/p-1. The molecule has 0 aliphatic rings. The fourth-order valence-electron chi connectivity index (χ4n) is 3.07. The van der Waals surface area contributed by atoms with E-state index < -0.39 is 23.9 Å². The first-order valence-electron chi connectivity index (χ1n) is 8.91. The van der Waals surface area contributed by atoms with Gasteiger partial charge in [0, 0.05) is 11.8 Å². The topological polar surface area (TPSA) is 111 Å². The molecule has 2 rings (SSSR count). The molecular formula is C20H21F2N4O3-. The molecule has 2 aromatic rings. The lowest BCUT2D eigenvalue weighted by molar-refractivity contribution is -0.253. The van der Waals surface area contributed by atoms with Gasteiger partial charge in [0.2, 0.25) is 0 Å². The largest absolute Gasteiger partial charge is 0.530 e. The van der Waals surface area contributed by atoms with Gasteiger partial charge in [-0.2, -0.15) is 5.26 Å². The summed E-state index contributed by atoms with van der Waals surface area (Å²) in [7, 11) is 0. The number of carboxylic acid groups (broad SMARTS) is 1. The minimum absolute atomic E-state index is 0.0176. The van der Waals surface area contributed by atoms with Crippen LogP contribution in [-0.2, 0) is 0 Å². The SMILES string of the molecule is CC(C)CC(C)(COc1ccc(-c2ccnc(C(F)F)n2)cc1C#N)NC(=O)[O-]. The lowest BCUT2D eigenvalue weighted by Crippen LogP contribution is -2.55. The Labute approximate surface area is 167 Å². The molecule has 0 aliphatic carbocycles. The molecule has 0 saturated heterocycles. The second-order valence-corrected chi connectivity index (χ2v) is 7.28. The summed E-state index contributed by atoms with van der Waals surface area (Å²) in [6.45, 7) is 5.56. The number of hydrogen-bond donors (Lipinski definition) is 1. The fraction of sp³-hybridized carbons (Fsp3) is 0.400. The summed E-state index contributed by atoms with van der Waals surface area (Å²) in [6.07, 6.45) is -2.49. The number of ether oxygens (including phenoxy) is 1. The number of nitrogens with zero attached hydrogens (tertiary/aromatic N) is 3. The third-order valence-corrected chi connectivity index (χ3v) is 4.07. The average Bonchev–Trinajstić information content (AvgIpc) is 2.65. The second-order valence-electron chi connectivity index (χ2n) is 7.28. The Balaban J connectivity index is 2.26. The highest BCUT2D eigenvalue weighted by Crippen LogP contribution is 2.27. The molecule has 1 aromatic heterocycles. The number of halogens is 2. The first-order chi connectivity index (χ1) is 13.6. The minimum atomic E-state index is -2.80. The van der Waals surface area contributed by atoms with Crippen LogP contribution < -0.4 is 15.2 Å². The summed E-state index contributed by atoms with van der Waals surface area (Å²) in [6, 6.07) is 8.03. The number of aromatic nitrogens is 2. The summed E-state index contributed by atoms with van der Waals surface area (Å²) >= 11 is 0. The lowest BCUT2D eigenvalue weighted by Gasteiger charge is -2.33. The number of amides is 1. The maximum Gasteiger partial charge on any atom is 0.297 e. The molecule has 0 fully saturated rings. The number of nitrogens with one attached hydrogen (secondary N) is 1. The van der Waals surface area contributed by atoms with Crippen molar-refractivity contribution in [3.63, 3.8) is 0 Å². The third-order valence-electron chi connectivity index (χ3n) is 4.07. The molecule has 0 spiro atoms. The van der Waals surface area contributed by atoms with E-state index in [0.29, 0.717) is 12.0 Å². The van der Waals surface area contributed by atoms with E-state index in [4.69, 9.17) is 4.74 Å². The molecule has 0 radical (unpaired) electrons. The van der Waals surface area contributed by atoms with Crippen LogP contribution in [0.15, 0.2) is 30.5 Å². The van der Waals surface area contributed by atoms with Crippen LogP contribution in [0.3, 0.4) is 0 Å². The van der Waals surface area contributed by atoms with Gasteiger partial charge in [0.05, 0.1) is 16.8 Å². The Kier molecular flexibility index (Phi) is 7.04. The van der Waals surface area contributed by atoms with Crippen LogP contribution >= 0.6 is 0 Å². The van der Waals surface area contributed by atoms with Gasteiger partial charge in [-0.1, -0.05) is 13.8 Å². The summed E-state index contributed by atoms with van der Waals surface area (Å²) in [5.41, 5.74) is -0.0327. The highest BCUT2D eigenvalue weighted by molar-refractivity contribution is 5.64. The molecule has 1 aromatic carbocycles. The number of rotatable bonds is 8. The van der Waals surface area contributed by atoms with Crippen molar-refractivity contribution in [2.24, 2.45) is 5.92 Å². The number of hydrogen-bond acceptors (Lipinski definition) is 6. The molecular weight excluding hydrogens is 382 g/mol. The molecule has 1 N–H and O–H groups in total. The van der Waals surface area contributed by atoms with Crippen molar-refractivity contribution in [1.29, 1.82) is 5.26 Å². The van der Waals surface area contributed by atoms with Gasteiger partial charge in [-0.15, -0.1) is 0 Å². The van der Waals surface area contributed by atoms with E-state index in [1.165, 1.54) is 24.4 Å². The van der Waals surface area contributed by atoms with Gasteiger partial charge in [0.15, 0.2) is 5.82 Å². The number of carbonyl (C=O) groups is 1. The quantitative estimate of drug-likeness (QED) is 0.725. The van der Waals surface area contributed by atoms with E-state index in [1.807, 2.05) is 19.9 Å². The van der Waals surface area contributed by atoms with E-state index in [9.17, 15) is 23.9 Å². The molecule has 1 atom stereocenters. The Bertz CT molecular complexity index is 915. The first-order valence-corrected chi connectivity index (χ1v) is 8.91. The maximum atomic E-state index is 12.8. The van der Waals surface area contributed by atoms with E-state index in [-0.39, 0.29) is 29.5 Å². The van der Waals surface area contributed by atoms with Crippen LogP contribution in [0.1, 0.15) is 45.0 Å². The minimum Gasteiger partial charge on any atom is -0.530 e. The van der Waals surface area contributed by atoms with Crippen molar-refractivity contribution < 1.29 is 23.4 Å². The van der Waals surface area contributed by atoms with Crippen LogP contribution in [0, 0.1) is 17.2 Å². The number of benzene rings is 1. The Morgan fingerprint density at radius 2 is 2.10 bits per heavy atom. The predicted octanol–water partition coefficient (Wildman–Crippen LogP) is 3.07. The van der Waals surface area contributed by atoms with Gasteiger partial charge >= 0.3 is 0 Å². The van der Waals surface area contributed by atoms with Gasteiger partial charge in [0.25, 0.3) is 6.43 Å². The van der Waals surface area contributed by atoms with Crippen LogP contribution in [-0.4, -0.2) is 28.2 Å². The second kappa shape index (κ2) is 9.28. The zero-order valence-electron chi connectivity index (χ0n) is 16.3. The Morgan fingerprint density at radius 1 is 1.38 bits per heavy atom. The van der Waals surface area contributed by atoms with Crippen molar-refractivity contribution in [2.75, 3.05) is 6.61 Å². The van der Waals surface area contributed by atoms with E-state index in [1.54, 1.807) is 13.0 Å². The van der Waals surface area contributed by atoms with Crippen LogP contribution in [0.5, 0.6) is 5.75 Å². The molecule has 9 heteroatoms. The van der Waals surface area contributed by atoms with E-state index >= 15 is 0 Å². The zero-order chi connectivity index (χ0) is 21.6. The lowest BCUT2D eigenvalue weighted by atomic mass is 9.91. The molecule has 0 saturated carbocycles. The number of nitriles is 1. The van der Waals surface area contributed by atoms with Crippen molar-refractivity contribution in [3.8, 4) is 23.1 Å². The summed E-state index contributed by atoms with van der Waals surface area (Å²) in [5.74, 6) is -0.163. The summed E-state index contributed by atoms with van der Waals surface area (Å²) < 4.78 is 31.4. The summed E-state index contributed by atoms with van der Waals surface area (Å²) in [4.78, 5) is 18.3. The van der Waals surface area contributed by atoms with Crippen LogP contribution in [0.25, 0.3) is 11.3 Å². The van der Waals surface area contributed by atoms with Crippen LogP contribution in [0.4, 0.5) is 13.6 Å². The highest BCUT2D eigenvalue weighted by atomic mass is 19.3. The highest BCUT2D eigenvalue weighted by Gasteiger charge is 2.27. The third kappa shape index (κ3) is 6.10. The predicted molar refractivity (Wildman–Crippen MR) is 99.0 cm³/mol. The molecule has 29 heavy (non-hydrogen) atoms. The molecule has 1 heterocycles. The van der Waals surface area contributed by atoms with Gasteiger partial charge in [-0.25, -0.2) is 18.7 Å². The van der Waals surface area contributed by atoms with Gasteiger partial charge in [-0.05, 0) is 43.5 Å². The van der Waals surface area contributed by atoms with Gasteiger partial charge < -0.3 is 20.0 Å². The Morgan fingerprint density at radius 3 is 2.69 bits per heavy atom. The first kappa shape index (κ1) is 22.0. The number of alkyl halides is 2. The average molecular weight is 403 g/mol. The monoisotopic (exact) mass is 403 g/mol. The van der Waals surface area contributed by atoms with Crippen molar-refractivity contribution in [1.82, 2.24) is 15.3 Å². The molecule has 0 aliphatic heterocycles. The number of carbonyl (C=O) groups excluding carboxylic acids is 1. The van der Waals surface area contributed by atoms with Gasteiger partial charge in [0.1, 0.15) is 24.5 Å². The van der Waals surface area contributed by atoms with Crippen LogP contribution in [0.2, 0.25) is 0 Å².